The van der Waals surface area contributed by atoms with Crippen LogP contribution >= 0.6 is 0 Å². The molecule has 0 saturated heterocycles. The molecule has 0 bridgehead atoms. The Balaban J connectivity index is 1.36. The molecule has 0 saturated carbocycles. The highest BCUT2D eigenvalue weighted by Crippen LogP contribution is 2.47. The maximum atomic E-state index is 7.09. The van der Waals surface area contributed by atoms with Crippen LogP contribution in [0, 0.1) is 0 Å². The average molecular weight is 614 g/mol. The lowest BCUT2D eigenvalue weighted by Gasteiger charge is -2.27. The summed E-state index contributed by atoms with van der Waals surface area (Å²) in [5.41, 5.74) is 11.7. The zero-order valence-corrected chi connectivity index (χ0v) is 26.3. The maximum Gasteiger partial charge on any atom is 0.159 e. The highest BCUT2D eigenvalue weighted by atomic mass is 16.3. The number of para-hydroxylation sites is 2. The van der Waals surface area contributed by atoms with E-state index in [-0.39, 0.29) is 0 Å². The molecule has 0 atom stereocenters. The van der Waals surface area contributed by atoms with Crippen LogP contribution in [-0.4, -0.2) is 0 Å². The predicted molar refractivity (Wildman–Crippen MR) is 202 cm³/mol. The topological polar surface area (TPSA) is 16.4 Å². The predicted octanol–water partition coefficient (Wildman–Crippen LogP) is 13.2. The first-order chi connectivity index (χ1) is 23.8. The fourth-order valence-electron chi connectivity index (χ4n) is 6.98. The van der Waals surface area contributed by atoms with E-state index < -0.39 is 0 Å². The first kappa shape index (κ1) is 27.9. The van der Waals surface area contributed by atoms with Crippen molar-refractivity contribution in [3.05, 3.63) is 188 Å². The van der Waals surface area contributed by atoms with Gasteiger partial charge in [-0.1, -0.05) is 146 Å². The number of nitrogens with zero attached hydrogens (tertiary/aromatic N) is 1. The zero-order chi connectivity index (χ0) is 31.9. The summed E-state index contributed by atoms with van der Waals surface area (Å²) in [6.45, 7) is 0. The second-order valence-electron chi connectivity index (χ2n) is 12.1. The largest absolute Gasteiger partial charge is 0.453 e. The van der Waals surface area contributed by atoms with Gasteiger partial charge in [0.25, 0.3) is 0 Å². The van der Waals surface area contributed by atoms with Crippen molar-refractivity contribution in [3.8, 4) is 33.4 Å². The molecular formula is C46H31NO. The number of anilines is 3. The SMILES string of the molecule is c1ccc(-c2cc(-c3ccccc3)cc(N(c3ccccc3)c3cccc4c3oc3c(-c5ccccc5)cc5ccccc5c34)c2)cc1. The Morgan fingerprint density at radius 3 is 1.54 bits per heavy atom. The van der Waals surface area contributed by atoms with Crippen LogP contribution in [0.5, 0.6) is 0 Å². The number of furan rings is 1. The van der Waals surface area contributed by atoms with Gasteiger partial charge in [-0.3, -0.25) is 0 Å². The molecule has 0 N–H and O–H groups in total. The van der Waals surface area contributed by atoms with Gasteiger partial charge in [0, 0.05) is 27.7 Å². The van der Waals surface area contributed by atoms with E-state index in [0.717, 1.165) is 61.3 Å². The minimum atomic E-state index is 0.858. The summed E-state index contributed by atoms with van der Waals surface area (Å²) in [5.74, 6) is 0. The first-order valence-electron chi connectivity index (χ1n) is 16.4. The van der Waals surface area contributed by atoms with E-state index in [1.165, 1.54) is 21.9 Å². The van der Waals surface area contributed by atoms with E-state index in [9.17, 15) is 0 Å². The molecule has 0 fully saturated rings. The molecule has 1 heterocycles. The molecular weight excluding hydrogens is 583 g/mol. The molecule has 8 aromatic carbocycles. The van der Waals surface area contributed by atoms with Gasteiger partial charge in [0.15, 0.2) is 5.58 Å². The Kier molecular flexibility index (Phi) is 6.84. The first-order valence-corrected chi connectivity index (χ1v) is 16.4. The number of hydrogen-bond donors (Lipinski definition) is 0. The fraction of sp³-hybridized carbons (Fsp3) is 0. The van der Waals surface area contributed by atoms with Crippen LogP contribution in [0.2, 0.25) is 0 Å². The molecule has 0 aliphatic heterocycles. The number of benzene rings is 8. The van der Waals surface area contributed by atoms with Crippen LogP contribution in [0.1, 0.15) is 0 Å². The number of rotatable bonds is 6. The maximum absolute atomic E-state index is 7.09. The molecule has 0 unspecified atom stereocenters. The summed E-state index contributed by atoms with van der Waals surface area (Å²) in [6, 6.07) is 66.7. The number of fused-ring (bicyclic) bond motifs is 5. The van der Waals surface area contributed by atoms with Gasteiger partial charge in [-0.25, -0.2) is 0 Å². The Hall–Kier alpha value is -6.38. The molecule has 48 heavy (non-hydrogen) atoms. The second-order valence-corrected chi connectivity index (χ2v) is 12.1. The van der Waals surface area contributed by atoms with E-state index in [2.05, 4.69) is 193 Å². The lowest BCUT2D eigenvalue weighted by atomic mass is 9.96. The van der Waals surface area contributed by atoms with E-state index in [1.807, 2.05) is 0 Å². The van der Waals surface area contributed by atoms with Gasteiger partial charge < -0.3 is 9.32 Å². The van der Waals surface area contributed by atoms with Gasteiger partial charge >= 0.3 is 0 Å². The van der Waals surface area contributed by atoms with Gasteiger partial charge in [-0.05, 0) is 81.1 Å². The molecule has 0 aliphatic carbocycles. The molecule has 2 heteroatoms. The fourth-order valence-corrected chi connectivity index (χ4v) is 6.98. The van der Waals surface area contributed by atoms with Crippen molar-refractivity contribution in [1.29, 1.82) is 0 Å². The van der Waals surface area contributed by atoms with Crippen LogP contribution in [0.25, 0.3) is 66.1 Å². The third-order valence-electron chi connectivity index (χ3n) is 9.20. The van der Waals surface area contributed by atoms with E-state index >= 15 is 0 Å². The summed E-state index contributed by atoms with van der Waals surface area (Å²) < 4.78 is 7.09. The Bertz CT molecular complexity index is 2480. The lowest BCUT2D eigenvalue weighted by molar-refractivity contribution is 0.670. The zero-order valence-electron chi connectivity index (χ0n) is 26.3. The molecule has 226 valence electrons. The molecule has 0 spiro atoms. The molecule has 0 radical (unpaired) electrons. The molecule has 0 aliphatic rings. The summed E-state index contributed by atoms with van der Waals surface area (Å²) >= 11 is 0. The van der Waals surface area contributed by atoms with E-state index in [0.29, 0.717) is 0 Å². The van der Waals surface area contributed by atoms with Gasteiger partial charge in [0.05, 0.1) is 5.69 Å². The highest BCUT2D eigenvalue weighted by molar-refractivity contribution is 6.24. The molecule has 9 aromatic rings. The highest BCUT2D eigenvalue weighted by Gasteiger charge is 2.23. The second kappa shape index (κ2) is 11.8. The Labute approximate surface area is 279 Å². The summed E-state index contributed by atoms with van der Waals surface area (Å²) in [6.07, 6.45) is 0. The monoisotopic (exact) mass is 613 g/mol. The summed E-state index contributed by atoms with van der Waals surface area (Å²) in [5, 5.41) is 4.62. The molecule has 0 amide bonds. The Morgan fingerprint density at radius 2 is 0.896 bits per heavy atom. The smallest absolute Gasteiger partial charge is 0.159 e. The van der Waals surface area contributed by atoms with Crippen molar-refractivity contribution < 1.29 is 4.42 Å². The Morgan fingerprint density at radius 1 is 0.354 bits per heavy atom. The van der Waals surface area contributed by atoms with Crippen LogP contribution in [0.15, 0.2) is 192 Å². The van der Waals surface area contributed by atoms with Crippen molar-refractivity contribution in [1.82, 2.24) is 0 Å². The lowest BCUT2D eigenvalue weighted by Crippen LogP contribution is -2.10. The van der Waals surface area contributed by atoms with Crippen LogP contribution < -0.4 is 4.90 Å². The van der Waals surface area contributed by atoms with Crippen molar-refractivity contribution in [2.24, 2.45) is 0 Å². The molecule has 2 nitrogen and oxygen atoms in total. The van der Waals surface area contributed by atoms with Crippen LogP contribution in [-0.2, 0) is 0 Å². The van der Waals surface area contributed by atoms with E-state index in [4.69, 9.17) is 4.42 Å². The summed E-state index contributed by atoms with van der Waals surface area (Å²) in [7, 11) is 0. The third-order valence-corrected chi connectivity index (χ3v) is 9.20. The van der Waals surface area contributed by atoms with Crippen molar-refractivity contribution in [2.45, 2.75) is 0 Å². The molecule has 1 aromatic heterocycles. The van der Waals surface area contributed by atoms with Crippen LogP contribution in [0.4, 0.5) is 17.1 Å². The third kappa shape index (κ3) is 4.83. The van der Waals surface area contributed by atoms with Crippen molar-refractivity contribution in [2.75, 3.05) is 4.90 Å². The molecule has 9 rings (SSSR count). The van der Waals surface area contributed by atoms with Gasteiger partial charge in [0.1, 0.15) is 5.58 Å². The minimum absolute atomic E-state index is 0.858. The summed E-state index contributed by atoms with van der Waals surface area (Å²) in [4.78, 5) is 2.34. The number of hydrogen-bond acceptors (Lipinski definition) is 2. The standard InChI is InChI=1S/C46H31NO/c1-5-16-32(17-6-1)36-28-37(33-18-7-2-8-19-33)30-39(29-36)47(38-23-11-4-12-24-38)43-27-15-26-41-44-40-25-14-13-22-35(40)31-42(46(44)48-45(41)43)34-20-9-3-10-21-34/h1-31H. The van der Waals surface area contributed by atoms with Gasteiger partial charge in [-0.2, -0.15) is 0 Å². The van der Waals surface area contributed by atoms with Crippen molar-refractivity contribution >= 4 is 49.8 Å². The van der Waals surface area contributed by atoms with E-state index in [1.54, 1.807) is 0 Å². The van der Waals surface area contributed by atoms with Crippen LogP contribution in [0.3, 0.4) is 0 Å². The van der Waals surface area contributed by atoms with Crippen molar-refractivity contribution in [3.63, 3.8) is 0 Å². The van der Waals surface area contributed by atoms with Gasteiger partial charge in [-0.15, -0.1) is 0 Å². The minimum Gasteiger partial charge on any atom is -0.453 e. The normalized spacial score (nSPS) is 11.3. The average Bonchev–Trinajstić information content (AvgIpc) is 3.57. The van der Waals surface area contributed by atoms with Gasteiger partial charge in [0.2, 0.25) is 0 Å². The quantitative estimate of drug-likeness (QED) is 0.185.